The standard InChI is InChI=1S/C57H85N5O15/c1-30-19-38(71-33(4)32(30)3)15-17-44-31(2)20-39(73-44)13-14-41-25-47-53(75-41)55-56(77-47)54(70-7)52-45(76-55)18-16-40(74-52)22-36(63)23-42-34(5)72-46(51(42)69-6)24-37(64)27-59-49(66)28-61-57(68)43(21-35-11-9-8-10-12-35)62-50(67)29-60-48(65)26-58/h8-12,30,33-34,37-47,51-56,64H,2-3,13-29,58H2,1,4-7H3,(H,59,66)(H,60,65)(H,61,68)(H,62,67)/t30-,33-,34+,37+,38+,39+,40-,41-,42+,43+,44+,45+,46-,47-,51-,52+,53+,54+,55?,56?/m1/s1. The number of nitrogens with one attached hydrogen (secondary N) is 4. The van der Waals surface area contributed by atoms with Gasteiger partial charge in [-0.1, -0.05) is 50.4 Å². The molecule has 0 bridgehead atoms. The second kappa shape index (κ2) is 27.3. The lowest BCUT2D eigenvalue weighted by atomic mass is 9.86. The third-order valence-electron chi connectivity index (χ3n) is 17.0. The first-order chi connectivity index (χ1) is 37.0. The van der Waals surface area contributed by atoms with Gasteiger partial charge in [-0.2, -0.15) is 0 Å². The Morgan fingerprint density at radius 3 is 2.16 bits per heavy atom. The third-order valence-corrected chi connectivity index (χ3v) is 17.0. The highest BCUT2D eigenvalue weighted by molar-refractivity contribution is 5.92. The highest BCUT2D eigenvalue weighted by atomic mass is 16.7. The molecule has 7 heterocycles. The van der Waals surface area contributed by atoms with Crippen LogP contribution in [0.1, 0.15) is 103 Å². The van der Waals surface area contributed by atoms with Crippen LogP contribution >= 0.6 is 0 Å². The maximum atomic E-state index is 13.8. The Bertz CT molecular complexity index is 2190. The van der Waals surface area contributed by atoms with Crippen LogP contribution in [0.3, 0.4) is 0 Å². The van der Waals surface area contributed by atoms with Gasteiger partial charge >= 0.3 is 0 Å². The van der Waals surface area contributed by atoms with Crippen molar-refractivity contribution >= 4 is 29.4 Å². The van der Waals surface area contributed by atoms with Gasteiger partial charge in [0.2, 0.25) is 23.6 Å². The number of nitrogens with two attached hydrogens (primary N) is 1. The van der Waals surface area contributed by atoms with Gasteiger partial charge in [0.1, 0.15) is 42.3 Å². The van der Waals surface area contributed by atoms with Gasteiger partial charge < -0.3 is 74.7 Å². The Labute approximate surface area is 453 Å². The minimum Gasteiger partial charge on any atom is -0.391 e. The zero-order chi connectivity index (χ0) is 54.9. The fourth-order valence-corrected chi connectivity index (χ4v) is 12.8. The number of aliphatic hydroxyl groups excluding tert-OH is 1. The first-order valence-electron chi connectivity index (χ1n) is 28.0. The van der Waals surface area contributed by atoms with E-state index in [9.17, 15) is 29.1 Å². The van der Waals surface area contributed by atoms with Gasteiger partial charge in [0.05, 0.1) is 92.9 Å². The minimum absolute atomic E-state index is 0.0122. The molecule has 1 aromatic rings. The summed E-state index contributed by atoms with van der Waals surface area (Å²) >= 11 is 0. The predicted octanol–water partition coefficient (Wildman–Crippen LogP) is 2.44. The average Bonchev–Trinajstić information content (AvgIpc) is 4.21. The zero-order valence-corrected chi connectivity index (χ0v) is 45.6. The van der Waals surface area contributed by atoms with Gasteiger partial charge in [-0.3, -0.25) is 24.0 Å². The summed E-state index contributed by atoms with van der Waals surface area (Å²) in [7, 11) is 3.23. The van der Waals surface area contributed by atoms with E-state index >= 15 is 0 Å². The van der Waals surface area contributed by atoms with E-state index in [0.29, 0.717) is 18.8 Å². The molecule has 2 unspecified atom stereocenters. The quantitative estimate of drug-likeness (QED) is 0.0769. The number of hydrogen-bond acceptors (Lipinski definition) is 16. The lowest BCUT2D eigenvalue weighted by Crippen LogP contribution is -2.62. The molecule has 8 rings (SSSR count). The van der Waals surface area contributed by atoms with Crippen molar-refractivity contribution in [3.8, 4) is 0 Å². The summed E-state index contributed by atoms with van der Waals surface area (Å²) in [4.78, 5) is 63.9. The van der Waals surface area contributed by atoms with E-state index in [-0.39, 0.29) is 136 Å². The van der Waals surface area contributed by atoms with Crippen LogP contribution in [0, 0.1) is 11.8 Å². The Balaban J connectivity index is 0.733. The van der Waals surface area contributed by atoms with Crippen molar-refractivity contribution in [3.63, 3.8) is 0 Å². The van der Waals surface area contributed by atoms with E-state index in [1.165, 1.54) is 11.1 Å². The summed E-state index contributed by atoms with van der Waals surface area (Å²) in [5.41, 5.74) is 8.41. The zero-order valence-electron chi connectivity index (χ0n) is 45.6. The Hall–Kier alpha value is -4.19. The minimum atomic E-state index is -1.04. The number of Topliss-reactive ketones (excluding diaryl/α,β-unsaturated/α-hetero) is 1. The van der Waals surface area contributed by atoms with Gasteiger partial charge in [-0.25, -0.2) is 0 Å². The molecule has 4 amide bonds. The normalized spacial score (nSPS) is 36.3. The molecular formula is C57H85N5O15. The van der Waals surface area contributed by atoms with Gasteiger partial charge in [0.25, 0.3) is 0 Å². The Kier molecular flexibility index (Phi) is 20.9. The summed E-state index contributed by atoms with van der Waals surface area (Å²) in [6.45, 7) is 13.6. The molecule has 77 heavy (non-hydrogen) atoms. The maximum Gasteiger partial charge on any atom is 0.243 e. The van der Waals surface area contributed by atoms with Gasteiger partial charge in [-0.15, -0.1) is 0 Å². The summed E-state index contributed by atoms with van der Waals surface area (Å²) in [6.07, 6.45) is 4.10. The van der Waals surface area contributed by atoms with Crippen LogP contribution in [0.4, 0.5) is 0 Å². The maximum absolute atomic E-state index is 13.8. The van der Waals surface area contributed by atoms with Crippen LogP contribution < -0.4 is 27.0 Å². The number of ketones is 1. The number of ether oxygens (including phenoxy) is 9. The third kappa shape index (κ3) is 15.2. The number of benzene rings is 1. The second-order valence-corrected chi connectivity index (χ2v) is 22.5. The molecular weight excluding hydrogens is 995 g/mol. The van der Waals surface area contributed by atoms with E-state index in [2.05, 4.69) is 48.3 Å². The number of carbonyl (C=O) groups is 5. The number of methoxy groups -OCH3 is 2. The van der Waals surface area contributed by atoms with Crippen LogP contribution in [-0.2, 0) is 73.0 Å². The summed E-state index contributed by atoms with van der Waals surface area (Å²) in [5, 5.41) is 21.1. The lowest BCUT2D eigenvalue weighted by Gasteiger charge is -2.47. The summed E-state index contributed by atoms with van der Waals surface area (Å²) < 4.78 is 57.8. The lowest BCUT2D eigenvalue weighted by molar-refractivity contribution is -0.268. The molecule has 0 aliphatic carbocycles. The monoisotopic (exact) mass is 1080 g/mol. The van der Waals surface area contributed by atoms with E-state index in [1.54, 1.807) is 38.5 Å². The van der Waals surface area contributed by atoms with E-state index < -0.39 is 60.6 Å². The van der Waals surface area contributed by atoms with Crippen molar-refractivity contribution in [1.29, 1.82) is 0 Å². The molecule has 7 aliphatic rings. The van der Waals surface area contributed by atoms with E-state index in [4.69, 9.17) is 48.4 Å². The smallest absolute Gasteiger partial charge is 0.243 e. The first kappa shape index (κ1) is 58.9. The van der Waals surface area contributed by atoms with Crippen molar-refractivity contribution in [2.75, 3.05) is 40.4 Å². The molecule has 428 valence electrons. The number of hydrogen-bond donors (Lipinski definition) is 6. The molecule has 7 saturated heterocycles. The van der Waals surface area contributed by atoms with Crippen molar-refractivity contribution in [3.05, 3.63) is 60.2 Å². The van der Waals surface area contributed by atoms with Crippen molar-refractivity contribution < 1.29 is 71.7 Å². The Morgan fingerprint density at radius 1 is 0.714 bits per heavy atom. The SMILES string of the molecule is C=C1C[C@H](CC[C@@H]2C[C@H]3OC4C(O[C@H]5CC[C@H](CC(=O)C[C@@H]6[C@@H](OC)[C@@H](C[C@H](O)CNC(=O)CNC(=O)[C@H](Cc7ccccc7)NC(=O)CNC(=O)CN)O[C@H]6C)O[C@@H]5[C@@H]4OC)[C@H]3O2)O[C@H]1CC[C@H]1C[C@@H](C)C(=C)[C@@H](C)O1. The van der Waals surface area contributed by atoms with Crippen LogP contribution in [0.15, 0.2) is 54.6 Å². The molecule has 0 radical (unpaired) electrons. The van der Waals surface area contributed by atoms with E-state index in [1.807, 2.05) is 13.0 Å². The van der Waals surface area contributed by atoms with Crippen LogP contribution in [0.5, 0.6) is 0 Å². The molecule has 0 spiro atoms. The number of fused-ring (bicyclic) bond motifs is 4. The van der Waals surface area contributed by atoms with Crippen LogP contribution in [0.2, 0.25) is 0 Å². The first-order valence-corrected chi connectivity index (χ1v) is 28.0. The van der Waals surface area contributed by atoms with Crippen LogP contribution in [0.25, 0.3) is 0 Å². The summed E-state index contributed by atoms with van der Waals surface area (Å²) in [5.74, 6) is -2.10. The largest absolute Gasteiger partial charge is 0.391 e. The highest BCUT2D eigenvalue weighted by Crippen LogP contribution is 2.46. The highest BCUT2D eigenvalue weighted by Gasteiger charge is 2.61. The van der Waals surface area contributed by atoms with Gasteiger partial charge in [-0.05, 0) is 87.8 Å². The fourth-order valence-electron chi connectivity index (χ4n) is 12.8. The van der Waals surface area contributed by atoms with Gasteiger partial charge in [0.15, 0.2) is 0 Å². The van der Waals surface area contributed by atoms with Crippen molar-refractivity contribution in [1.82, 2.24) is 21.3 Å². The molecule has 7 aliphatic heterocycles. The number of rotatable bonds is 25. The Morgan fingerprint density at radius 2 is 1.42 bits per heavy atom. The number of amides is 4. The average molecular weight is 1080 g/mol. The fraction of sp³-hybridized carbons (Fsp3) is 0.737. The van der Waals surface area contributed by atoms with Crippen molar-refractivity contribution in [2.24, 2.45) is 17.6 Å². The summed E-state index contributed by atoms with van der Waals surface area (Å²) in [6, 6.07) is 7.97. The van der Waals surface area contributed by atoms with Crippen LogP contribution in [-0.4, -0.2) is 185 Å². The predicted molar refractivity (Wildman–Crippen MR) is 281 cm³/mol. The molecule has 7 fully saturated rings. The van der Waals surface area contributed by atoms with E-state index in [0.717, 1.165) is 50.5 Å². The second-order valence-electron chi connectivity index (χ2n) is 22.5. The molecule has 1 aromatic carbocycles. The molecule has 20 nitrogen and oxygen atoms in total. The van der Waals surface area contributed by atoms with Gasteiger partial charge in [0, 0.05) is 58.8 Å². The molecule has 20 atom stereocenters. The topological polar surface area (TPSA) is 263 Å². The number of carbonyl (C=O) groups excluding carboxylic acids is 5. The molecule has 7 N–H and O–H groups in total. The molecule has 0 aromatic heterocycles. The molecule has 0 saturated carbocycles. The van der Waals surface area contributed by atoms with Crippen molar-refractivity contribution in [2.45, 2.75) is 214 Å². The molecule has 20 heteroatoms. The number of aliphatic hydroxyl groups is 1.